The van der Waals surface area contributed by atoms with Gasteiger partial charge in [-0.05, 0) is 19.3 Å². The van der Waals surface area contributed by atoms with Crippen LogP contribution >= 0.6 is 12.4 Å². The van der Waals surface area contributed by atoms with E-state index in [0.717, 1.165) is 12.8 Å². The number of unbranched alkanes of at least 4 members (excludes halogenated alkanes) is 4. The summed E-state index contributed by atoms with van der Waals surface area (Å²) in [6.45, 7) is 2.29. The van der Waals surface area contributed by atoms with Crippen LogP contribution in [-0.2, 0) is 0 Å². The predicted molar refractivity (Wildman–Crippen MR) is 74.0 cm³/mol. The Morgan fingerprint density at radius 1 is 1.12 bits per heavy atom. The summed E-state index contributed by atoms with van der Waals surface area (Å²) in [4.78, 5) is 0. The lowest BCUT2D eigenvalue weighted by atomic mass is 10.1. The van der Waals surface area contributed by atoms with Gasteiger partial charge in [-0.2, -0.15) is 0 Å². The van der Waals surface area contributed by atoms with Crippen LogP contribution in [0.5, 0.6) is 0 Å². The first kappa shape index (κ1) is 18.1. The number of rotatable bonds is 9. The summed E-state index contributed by atoms with van der Waals surface area (Å²) in [6, 6.07) is -0.112. The SMILES string of the molecule is CCCCCC/C=C/C=C/CC(N)CO.Cl. The zero-order valence-corrected chi connectivity index (χ0v) is 11.1. The van der Waals surface area contributed by atoms with E-state index in [-0.39, 0.29) is 25.1 Å². The van der Waals surface area contributed by atoms with Crippen molar-refractivity contribution in [3.8, 4) is 0 Å². The topological polar surface area (TPSA) is 46.2 Å². The molecule has 0 aliphatic heterocycles. The molecule has 3 heteroatoms. The molecule has 0 rings (SSSR count). The molecule has 0 fully saturated rings. The lowest BCUT2D eigenvalue weighted by Gasteiger charge is -2.01. The van der Waals surface area contributed by atoms with Crippen molar-refractivity contribution in [2.45, 2.75) is 51.5 Å². The Hall–Kier alpha value is -0.310. The van der Waals surface area contributed by atoms with E-state index in [2.05, 4.69) is 19.1 Å². The molecule has 2 nitrogen and oxygen atoms in total. The molecule has 0 spiro atoms. The molecule has 0 bridgehead atoms. The smallest absolute Gasteiger partial charge is 0.0585 e. The highest BCUT2D eigenvalue weighted by Crippen LogP contribution is 2.02. The molecule has 0 heterocycles. The van der Waals surface area contributed by atoms with Gasteiger partial charge in [-0.1, -0.05) is 50.5 Å². The van der Waals surface area contributed by atoms with Crippen molar-refractivity contribution >= 4 is 12.4 Å². The minimum absolute atomic E-state index is 0. The summed E-state index contributed by atoms with van der Waals surface area (Å²) in [5.74, 6) is 0. The van der Waals surface area contributed by atoms with Crippen molar-refractivity contribution < 1.29 is 5.11 Å². The quantitative estimate of drug-likeness (QED) is 0.486. The number of hydrogen-bond acceptors (Lipinski definition) is 2. The Balaban J connectivity index is 0. The third-order valence-electron chi connectivity index (χ3n) is 2.28. The largest absolute Gasteiger partial charge is 0.395 e. The molecule has 0 aliphatic rings. The third kappa shape index (κ3) is 13.7. The number of halogens is 1. The van der Waals surface area contributed by atoms with E-state index in [1.807, 2.05) is 12.2 Å². The van der Waals surface area contributed by atoms with Crippen LogP contribution in [0.3, 0.4) is 0 Å². The van der Waals surface area contributed by atoms with Crippen LogP contribution in [0.1, 0.15) is 45.4 Å². The van der Waals surface area contributed by atoms with Crippen molar-refractivity contribution in [1.82, 2.24) is 0 Å². The normalized spacial score (nSPS) is 13.2. The van der Waals surface area contributed by atoms with Crippen LogP contribution in [0.15, 0.2) is 24.3 Å². The zero-order valence-electron chi connectivity index (χ0n) is 10.3. The van der Waals surface area contributed by atoms with Crippen LogP contribution < -0.4 is 5.73 Å². The fourth-order valence-electron chi connectivity index (χ4n) is 1.27. The molecule has 0 aromatic heterocycles. The standard InChI is InChI=1S/C13H25NO.ClH/c1-2-3-4-5-6-7-8-9-10-11-13(14)12-15;/h7-10,13,15H,2-6,11-12,14H2,1H3;1H/b8-7+,10-9+;. The van der Waals surface area contributed by atoms with Crippen LogP contribution in [-0.4, -0.2) is 17.8 Å². The summed E-state index contributed by atoms with van der Waals surface area (Å²) in [5, 5.41) is 8.68. The second-order valence-electron chi connectivity index (χ2n) is 3.88. The minimum Gasteiger partial charge on any atom is -0.395 e. The van der Waals surface area contributed by atoms with Gasteiger partial charge in [-0.25, -0.2) is 0 Å². The van der Waals surface area contributed by atoms with Gasteiger partial charge in [0.05, 0.1) is 6.61 Å². The Labute approximate surface area is 106 Å². The molecule has 0 saturated carbocycles. The Morgan fingerprint density at radius 3 is 2.44 bits per heavy atom. The number of nitrogens with two attached hydrogens (primary N) is 1. The average Bonchev–Trinajstić information content (AvgIpc) is 2.26. The number of aliphatic hydroxyl groups is 1. The maximum atomic E-state index is 8.68. The molecule has 0 saturated heterocycles. The number of allylic oxidation sites excluding steroid dienone is 3. The fraction of sp³-hybridized carbons (Fsp3) is 0.692. The Bertz CT molecular complexity index is 181. The van der Waals surface area contributed by atoms with E-state index in [4.69, 9.17) is 10.8 Å². The van der Waals surface area contributed by atoms with E-state index in [1.54, 1.807) is 0 Å². The molecule has 0 aromatic rings. The summed E-state index contributed by atoms with van der Waals surface area (Å²) in [6.07, 6.45) is 15.4. The summed E-state index contributed by atoms with van der Waals surface area (Å²) in [7, 11) is 0. The van der Waals surface area contributed by atoms with Crippen LogP contribution in [0.25, 0.3) is 0 Å². The van der Waals surface area contributed by atoms with Gasteiger partial charge in [0.15, 0.2) is 0 Å². The van der Waals surface area contributed by atoms with E-state index >= 15 is 0 Å². The summed E-state index contributed by atoms with van der Waals surface area (Å²) in [5.41, 5.74) is 5.54. The van der Waals surface area contributed by atoms with Gasteiger partial charge in [0, 0.05) is 6.04 Å². The molecule has 96 valence electrons. The number of hydrogen-bond donors (Lipinski definition) is 2. The Morgan fingerprint density at radius 2 is 1.81 bits per heavy atom. The highest BCUT2D eigenvalue weighted by atomic mass is 35.5. The first-order valence-corrected chi connectivity index (χ1v) is 5.99. The predicted octanol–water partition coefficient (Wildman–Crippen LogP) is 3.20. The molecular formula is C13H26ClNO. The lowest BCUT2D eigenvalue weighted by molar-refractivity contribution is 0.266. The fourth-order valence-corrected chi connectivity index (χ4v) is 1.27. The van der Waals surface area contributed by atoms with Gasteiger partial charge in [-0.15, -0.1) is 12.4 Å². The van der Waals surface area contributed by atoms with Crippen molar-refractivity contribution in [1.29, 1.82) is 0 Å². The van der Waals surface area contributed by atoms with Gasteiger partial charge in [-0.3, -0.25) is 0 Å². The maximum Gasteiger partial charge on any atom is 0.0585 e. The van der Waals surface area contributed by atoms with E-state index in [1.165, 1.54) is 25.7 Å². The molecule has 0 radical (unpaired) electrons. The highest BCUT2D eigenvalue weighted by molar-refractivity contribution is 5.85. The molecule has 0 aliphatic carbocycles. The van der Waals surface area contributed by atoms with Gasteiger partial charge in [0.2, 0.25) is 0 Å². The Kier molecular flexibility index (Phi) is 16.6. The third-order valence-corrected chi connectivity index (χ3v) is 2.28. The van der Waals surface area contributed by atoms with Gasteiger partial charge in [0.1, 0.15) is 0 Å². The molecule has 0 aromatic carbocycles. The lowest BCUT2D eigenvalue weighted by Crippen LogP contribution is -2.22. The van der Waals surface area contributed by atoms with Gasteiger partial charge >= 0.3 is 0 Å². The van der Waals surface area contributed by atoms with Crippen LogP contribution in [0.2, 0.25) is 0 Å². The van der Waals surface area contributed by atoms with Crippen molar-refractivity contribution in [2.75, 3.05) is 6.61 Å². The molecule has 1 unspecified atom stereocenters. The van der Waals surface area contributed by atoms with Crippen LogP contribution in [0.4, 0.5) is 0 Å². The highest BCUT2D eigenvalue weighted by Gasteiger charge is 1.93. The van der Waals surface area contributed by atoms with Crippen molar-refractivity contribution in [2.24, 2.45) is 5.73 Å². The van der Waals surface area contributed by atoms with Crippen molar-refractivity contribution in [3.63, 3.8) is 0 Å². The summed E-state index contributed by atoms with van der Waals surface area (Å²) < 4.78 is 0. The molecule has 3 N–H and O–H groups in total. The zero-order chi connectivity index (χ0) is 11.4. The monoisotopic (exact) mass is 247 g/mol. The minimum atomic E-state index is -0.112. The second-order valence-corrected chi connectivity index (χ2v) is 3.88. The average molecular weight is 248 g/mol. The summed E-state index contributed by atoms with van der Waals surface area (Å²) >= 11 is 0. The molecule has 0 amide bonds. The maximum absolute atomic E-state index is 8.68. The first-order valence-electron chi connectivity index (χ1n) is 5.99. The van der Waals surface area contributed by atoms with Crippen molar-refractivity contribution in [3.05, 3.63) is 24.3 Å². The van der Waals surface area contributed by atoms with E-state index in [0.29, 0.717) is 0 Å². The first-order chi connectivity index (χ1) is 7.31. The van der Waals surface area contributed by atoms with Gasteiger partial charge < -0.3 is 10.8 Å². The molecule has 16 heavy (non-hydrogen) atoms. The second kappa shape index (κ2) is 14.7. The number of aliphatic hydroxyl groups excluding tert-OH is 1. The van der Waals surface area contributed by atoms with E-state index < -0.39 is 0 Å². The molecule has 1 atom stereocenters. The van der Waals surface area contributed by atoms with Crippen LogP contribution in [0, 0.1) is 0 Å². The van der Waals surface area contributed by atoms with Gasteiger partial charge in [0.25, 0.3) is 0 Å². The molecular weight excluding hydrogens is 222 g/mol. The van der Waals surface area contributed by atoms with E-state index in [9.17, 15) is 0 Å².